The molecule has 40 heavy (non-hydrogen) atoms. The number of nitrogens with zero attached hydrogens (tertiary/aromatic N) is 4. The summed E-state index contributed by atoms with van der Waals surface area (Å²) in [4.78, 5) is 25.5. The van der Waals surface area contributed by atoms with E-state index >= 15 is 0 Å². The third kappa shape index (κ3) is 6.56. The van der Waals surface area contributed by atoms with Gasteiger partial charge in [0.25, 0.3) is 0 Å². The number of carbonyl (C=O) groups excluding carboxylic acids is 2. The molecule has 212 valence electrons. The van der Waals surface area contributed by atoms with Crippen LogP contribution in [0.15, 0.2) is 59.8 Å². The lowest BCUT2D eigenvalue weighted by Gasteiger charge is -2.24. The zero-order valence-corrected chi connectivity index (χ0v) is 24.0. The first kappa shape index (κ1) is 28.9. The minimum atomic E-state index is -0.678. The molecule has 3 aromatic rings. The lowest BCUT2D eigenvalue weighted by Crippen LogP contribution is -2.41. The molecule has 1 aliphatic rings. The second kappa shape index (κ2) is 12.4. The molecule has 1 aliphatic heterocycles. The van der Waals surface area contributed by atoms with Crippen molar-refractivity contribution in [3.63, 3.8) is 0 Å². The fourth-order valence-corrected chi connectivity index (χ4v) is 4.61. The van der Waals surface area contributed by atoms with Gasteiger partial charge in [0.05, 0.1) is 17.0 Å². The normalized spacial score (nSPS) is 15.6. The van der Waals surface area contributed by atoms with Gasteiger partial charge in [-0.2, -0.15) is 5.21 Å². The van der Waals surface area contributed by atoms with Crippen molar-refractivity contribution in [2.45, 2.75) is 60.4 Å². The van der Waals surface area contributed by atoms with Gasteiger partial charge in [-0.25, -0.2) is 10.2 Å². The summed E-state index contributed by atoms with van der Waals surface area (Å²) in [5, 5.41) is 16.5. The largest absolute Gasteiger partial charge is 0.427 e. The Bertz CT molecular complexity index is 1340. The Morgan fingerprint density at radius 2 is 1.73 bits per heavy atom. The summed E-state index contributed by atoms with van der Waals surface area (Å²) in [5.74, 6) is -0.228. The second-order valence-corrected chi connectivity index (χ2v) is 11.2. The maximum absolute atomic E-state index is 13.4. The number of hydrogen-bond acceptors (Lipinski definition) is 9. The molecule has 0 aliphatic carbocycles. The van der Waals surface area contributed by atoms with Crippen molar-refractivity contribution in [1.82, 2.24) is 31.1 Å². The molecular weight excluding hydrogens is 508 g/mol. The van der Waals surface area contributed by atoms with Crippen LogP contribution in [-0.2, 0) is 25.5 Å². The lowest BCUT2D eigenvalue weighted by atomic mass is 9.93. The Morgan fingerprint density at radius 3 is 2.33 bits per heavy atom. The van der Waals surface area contributed by atoms with Gasteiger partial charge in [-0.05, 0) is 55.0 Å². The smallest absolute Gasteiger partial charge is 0.340 e. The van der Waals surface area contributed by atoms with Crippen LogP contribution >= 0.6 is 0 Å². The number of nitrogens with one attached hydrogen (secondary N) is 2. The first-order chi connectivity index (χ1) is 19.1. The number of H-pyrrole nitrogens is 1. The third-order valence-corrected chi connectivity index (χ3v) is 6.72. The highest BCUT2D eigenvalue weighted by atomic mass is 16.7. The number of carbonyl (C=O) groups is 2. The molecular formula is C30H38N6O4. The maximum Gasteiger partial charge on any atom is 0.340 e. The number of rotatable bonds is 10. The number of tetrazole rings is 1. The summed E-state index contributed by atoms with van der Waals surface area (Å²) in [6.45, 7) is 11.8. The van der Waals surface area contributed by atoms with Crippen molar-refractivity contribution in [3.05, 3.63) is 65.4 Å². The molecule has 0 bridgehead atoms. The van der Waals surface area contributed by atoms with Gasteiger partial charge in [-0.3, -0.25) is 4.79 Å². The molecule has 2 heterocycles. The highest BCUT2D eigenvalue weighted by Crippen LogP contribution is 2.32. The summed E-state index contributed by atoms with van der Waals surface area (Å²) in [6.07, 6.45) is 1.44. The second-order valence-electron chi connectivity index (χ2n) is 11.2. The molecule has 0 fully saturated rings. The van der Waals surface area contributed by atoms with Gasteiger partial charge in [0.1, 0.15) is 0 Å². The van der Waals surface area contributed by atoms with E-state index in [9.17, 15) is 9.59 Å². The van der Waals surface area contributed by atoms with E-state index in [1.54, 1.807) is 20.8 Å². The molecule has 0 saturated carbocycles. The monoisotopic (exact) mass is 546 g/mol. The number of ether oxygens (including phenoxy) is 2. The number of aromatic nitrogens is 4. The Kier molecular flexibility index (Phi) is 8.99. The van der Waals surface area contributed by atoms with E-state index in [1.807, 2.05) is 24.3 Å². The van der Waals surface area contributed by atoms with E-state index in [-0.39, 0.29) is 12.0 Å². The van der Waals surface area contributed by atoms with Crippen molar-refractivity contribution in [3.8, 4) is 22.5 Å². The number of hydrazine groups is 1. The highest BCUT2D eigenvalue weighted by molar-refractivity contribution is 5.91. The zero-order chi connectivity index (χ0) is 28.9. The zero-order valence-electron chi connectivity index (χ0n) is 24.0. The Hall–Kier alpha value is -4.05. The van der Waals surface area contributed by atoms with Gasteiger partial charge < -0.3 is 14.5 Å². The standard InChI is InChI=1S/C30H38N6O4/c1-7-16-36-24(25(26(33-36)19(2)3)28(37)39-18-40-29(38)30(4,5)6)17-20-12-14-21(15-13-20)22-10-8-9-11-23(22)27-31-34-35-32-27/h8-15,19,26,33H,7,16-18H2,1-6H3,(H,31,32,34,35). The Balaban J connectivity index is 1.60. The van der Waals surface area contributed by atoms with E-state index < -0.39 is 24.1 Å². The summed E-state index contributed by atoms with van der Waals surface area (Å²) in [7, 11) is 0. The molecule has 0 amide bonds. The number of allylic oxidation sites excluding steroid dienone is 1. The molecule has 10 nitrogen and oxygen atoms in total. The first-order valence-corrected chi connectivity index (χ1v) is 13.6. The minimum Gasteiger partial charge on any atom is -0.427 e. The van der Waals surface area contributed by atoms with Crippen molar-refractivity contribution >= 4 is 11.9 Å². The number of aromatic amines is 1. The number of esters is 2. The molecule has 1 aromatic heterocycles. The van der Waals surface area contributed by atoms with Crippen molar-refractivity contribution in [2.75, 3.05) is 13.3 Å². The highest BCUT2D eigenvalue weighted by Gasteiger charge is 2.37. The molecule has 0 spiro atoms. The summed E-state index contributed by atoms with van der Waals surface area (Å²) < 4.78 is 10.7. The Morgan fingerprint density at radius 1 is 1.02 bits per heavy atom. The molecule has 2 aromatic carbocycles. The SMILES string of the molecule is CCCN1NC(C(C)C)C(C(=O)OCOC(=O)C(C)(C)C)=C1Cc1ccc(-c2ccccc2-c2nn[nH]n2)cc1. The average molecular weight is 547 g/mol. The van der Waals surface area contributed by atoms with Crippen LogP contribution in [0.5, 0.6) is 0 Å². The van der Waals surface area contributed by atoms with E-state index in [2.05, 4.69) is 76.1 Å². The maximum atomic E-state index is 13.4. The fourth-order valence-electron chi connectivity index (χ4n) is 4.61. The summed E-state index contributed by atoms with van der Waals surface area (Å²) in [5.41, 5.74) is 8.22. The van der Waals surface area contributed by atoms with Gasteiger partial charge in [0, 0.05) is 24.2 Å². The van der Waals surface area contributed by atoms with Crippen LogP contribution in [0, 0.1) is 11.3 Å². The van der Waals surface area contributed by atoms with Gasteiger partial charge in [0.2, 0.25) is 12.6 Å². The molecule has 0 saturated heterocycles. The van der Waals surface area contributed by atoms with Crippen molar-refractivity contribution in [1.29, 1.82) is 0 Å². The predicted molar refractivity (Wildman–Crippen MR) is 151 cm³/mol. The predicted octanol–water partition coefficient (Wildman–Crippen LogP) is 4.68. The first-order valence-electron chi connectivity index (χ1n) is 13.6. The van der Waals surface area contributed by atoms with Crippen LogP contribution in [0.1, 0.15) is 53.5 Å². The van der Waals surface area contributed by atoms with Crippen LogP contribution in [0.4, 0.5) is 0 Å². The van der Waals surface area contributed by atoms with Crippen LogP contribution in [0.3, 0.4) is 0 Å². The van der Waals surface area contributed by atoms with E-state index in [0.717, 1.165) is 40.9 Å². The molecule has 10 heteroatoms. The van der Waals surface area contributed by atoms with Crippen LogP contribution in [0.2, 0.25) is 0 Å². The molecule has 0 radical (unpaired) electrons. The Labute approximate surface area is 235 Å². The van der Waals surface area contributed by atoms with Gasteiger partial charge in [-0.1, -0.05) is 69.3 Å². The van der Waals surface area contributed by atoms with Crippen LogP contribution < -0.4 is 5.43 Å². The van der Waals surface area contributed by atoms with Gasteiger partial charge in [0.15, 0.2) is 0 Å². The average Bonchev–Trinajstić information content (AvgIpc) is 3.58. The minimum absolute atomic E-state index is 0.139. The molecule has 1 atom stereocenters. The third-order valence-electron chi connectivity index (χ3n) is 6.72. The lowest BCUT2D eigenvalue weighted by molar-refractivity contribution is -0.171. The summed E-state index contributed by atoms with van der Waals surface area (Å²) in [6, 6.07) is 16.0. The van der Waals surface area contributed by atoms with E-state index in [1.165, 1.54) is 0 Å². The fraction of sp³-hybridized carbons (Fsp3) is 0.433. The number of benzene rings is 2. The molecule has 4 rings (SSSR count). The van der Waals surface area contributed by atoms with E-state index in [0.29, 0.717) is 17.8 Å². The van der Waals surface area contributed by atoms with Gasteiger partial charge in [-0.15, -0.1) is 10.2 Å². The van der Waals surface area contributed by atoms with E-state index in [4.69, 9.17) is 9.47 Å². The topological polar surface area (TPSA) is 122 Å². The van der Waals surface area contributed by atoms with Crippen molar-refractivity contribution < 1.29 is 19.1 Å². The molecule has 2 N–H and O–H groups in total. The quantitative estimate of drug-likeness (QED) is 0.276. The van der Waals surface area contributed by atoms with Crippen LogP contribution in [0.25, 0.3) is 22.5 Å². The van der Waals surface area contributed by atoms with Crippen LogP contribution in [-0.4, -0.2) is 57.0 Å². The van der Waals surface area contributed by atoms with Gasteiger partial charge >= 0.3 is 11.9 Å². The molecule has 1 unspecified atom stereocenters. The number of hydrogen-bond donors (Lipinski definition) is 2. The summed E-state index contributed by atoms with van der Waals surface area (Å²) >= 11 is 0. The van der Waals surface area contributed by atoms with Crippen molar-refractivity contribution in [2.24, 2.45) is 11.3 Å².